The fourth-order valence-electron chi connectivity index (χ4n) is 4.92. The third-order valence-electron chi connectivity index (χ3n) is 6.94. The molecule has 1 aromatic heterocycles. The number of piperidine rings is 2. The maximum absolute atomic E-state index is 12.8. The van der Waals surface area contributed by atoms with Crippen LogP contribution >= 0.6 is 0 Å². The summed E-state index contributed by atoms with van der Waals surface area (Å²) in [7, 11) is 2.15. The monoisotopic (exact) mass is 399 g/mol. The van der Waals surface area contributed by atoms with Gasteiger partial charge in [0.25, 0.3) is 0 Å². The molecule has 0 aliphatic carbocycles. The second-order valence-corrected chi connectivity index (χ2v) is 8.88. The quantitative estimate of drug-likeness (QED) is 0.777. The Bertz CT molecular complexity index is 760. The lowest BCUT2D eigenvalue weighted by molar-refractivity contribution is -0.134. The van der Waals surface area contributed by atoms with Gasteiger partial charge in [-0.1, -0.05) is 6.42 Å². The van der Waals surface area contributed by atoms with E-state index >= 15 is 0 Å². The molecule has 158 valence electrons. The van der Waals surface area contributed by atoms with Crippen LogP contribution in [0.15, 0.2) is 6.20 Å². The number of hydrogen-bond acceptors (Lipinski definition) is 5. The molecule has 2 saturated heterocycles. The van der Waals surface area contributed by atoms with Crippen molar-refractivity contribution in [3.63, 3.8) is 0 Å². The van der Waals surface area contributed by atoms with Crippen LogP contribution in [0.3, 0.4) is 0 Å². The van der Waals surface area contributed by atoms with Gasteiger partial charge in [0.15, 0.2) is 0 Å². The Morgan fingerprint density at radius 1 is 1.07 bits per heavy atom. The van der Waals surface area contributed by atoms with Crippen LogP contribution in [0.4, 0.5) is 0 Å². The summed E-state index contributed by atoms with van der Waals surface area (Å²) in [5.74, 6) is 1.65. The first-order valence-corrected chi connectivity index (χ1v) is 11.1. The minimum Gasteiger partial charge on any atom is -0.343 e. The predicted octanol–water partition coefficient (Wildman–Crippen LogP) is 1.96. The molecular weight excluding hydrogens is 366 g/mol. The number of amides is 2. The van der Waals surface area contributed by atoms with Crippen molar-refractivity contribution in [3.8, 4) is 0 Å². The van der Waals surface area contributed by atoms with Gasteiger partial charge < -0.3 is 14.7 Å². The summed E-state index contributed by atoms with van der Waals surface area (Å²) in [6, 6.07) is 0.410. The van der Waals surface area contributed by atoms with Crippen molar-refractivity contribution in [1.82, 2.24) is 24.7 Å². The molecule has 2 amide bonds. The Balaban J connectivity index is 1.32. The summed E-state index contributed by atoms with van der Waals surface area (Å²) in [6.07, 6.45) is 8.87. The summed E-state index contributed by atoms with van der Waals surface area (Å²) in [5.41, 5.74) is 2.16. The summed E-state index contributed by atoms with van der Waals surface area (Å²) in [4.78, 5) is 40.1. The van der Waals surface area contributed by atoms with Crippen LogP contribution in [0, 0.1) is 0 Å². The smallest absolute Gasteiger partial charge is 0.224 e. The van der Waals surface area contributed by atoms with Gasteiger partial charge in [0, 0.05) is 69.7 Å². The standard InChI is InChI=1S/C22H33N5O2/c1-16(28)27-12-8-20-18(15-27)14-23-22(24-20)17-6-10-26(11-7-17)21(29)13-19-5-3-4-9-25(19)2/h14,17,19H,3-13,15H2,1-2H3. The van der Waals surface area contributed by atoms with Gasteiger partial charge in [-0.3, -0.25) is 9.59 Å². The number of nitrogens with zero attached hydrogens (tertiary/aromatic N) is 5. The van der Waals surface area contributed by atoms with Gasteiger partial charge in [-0.2, -0.15) is 0 Å². The fourth-order valence-corrected chi connectivity index (χ4v) is 4.92. The Morgan fingerprint density at radius 2 is 1.86 bits per heavy atom. The van der Waals surface area contributed by atoms with E-state index in [4.69, 9.17) is 4.98 Å². The predicted molar refractivity (Wildman–Crippen MR) is 110 cm³/mol. The average Bonchev–Trinajstić information content (AvgIpc) is 2.74. The number of carbonyl (C=O) groups excluding carboxylic acids is 2. The summed E-state index contributed by atoms with van der Waals surface area (Å²) in [6.45, 7) is 5.69. The van der Waals surface area contributed by atoms with Crippen molar-refractivity contribution in [2.75, 3.05) is 33.2 Å². The Kier molecular flexibility index (Phi) is 6.13. The number of rotatable bonds is 3. The van der Waals surface area contributed by atoms with Crippen LogP contribution < -0.4 is 0 Å². The van der Waals surface area contributed by atoms with Crippen molar-refractivity contribution >= 4 is 11.8 Å². The van der Waals surface area contributed by atoms with Crippen LogP contribution in [0.1, 0.15) is 68.4 Å². The van der Waals surface area contributed by atoms with E-state index in [0.29, 0.717) is 30.8 Å². The van der Waals surface area contributed by atoms with E-state index in [9.17, 15) is 9.59 Å². The minimum absolute atomic E-state index is 0.108. The molecule has 0 aromatic carbocycles. The van der Waals surface area contributed by atoms with Gasteiger partial charge in [-0.25, -0.2) is 9.97 Å². The van der Waals surface area contributed by atoms with Crippen molar-refractivity contribution in [1.29, 1.82) is 0 Å². The lowest BCUT2D eigenvalue weighted by Crippen LogP contribution is -2.44. The number of aromatic nitrogens is 2. The molecule has 7 heteroatoms. The van der Waals surface area contributed by atoms with Gasteiger partial charge in [0.1, 0.15) is 5.82 Å². The highest BCUT2D eigenvalue weighted by atomic mass is 16.2. The van der Waals surface area contributed by atoms with Crippen LogP contribution in [-0.4, -0.2) is 75.8 Å². The highest BCUT2D eigenvalue weighted by molar-refractivity contribution is 5.77. The second-order valence-electron chi connectivity index (χ2n) is 8.88. The van der Waals surface area contributed by atoms with E-state index in [2.05, 4.69) is 16.9 Å². The highest BCUT2D eigenvalue weighted by Crippen LogP contribution is 2.28. The molecule has 4 rings (SSSR count). The molecular formula is C22H33N5O2. The number of fused-ring (bicyclic) bond motifs is 1. The molecule has 0 spiro atoms. The average molecular weight is 400 g/mol. The van der Waals surface area contributed by atoms with Crippen molar-refractivity contribution in [2.45, 2.75) is 70.4 Å². The van der Waals surface area contributed by atoms with E-state index in [1.54, 1.807) is 6.92 Å². The molecule has 1 aromatic rings. The maximum atomic E-state index is 12.8. The molecule has 0 radical (unpaired) electrons. The summed E-state index contributed by atoms with van der Waals surface area (Å²) < 4.78 is 0. The highest BCUT2D eigenvalue weighted by Gasteiger charge is 2.29. The van der Waals surface area contributed by atoms with E-state index in [0.717, 1.165) is 68.9 Å². The van der Waals surface area contributed by atoms with E-state index in [1.807, 2.05) is 16.0 Å². The minimum atomic E-state index is 0.108. The molecule has 0 bridgehead atoms. The van der Waals surface area contributed by atoms with E-state index < -0.39 is 0 Å². The van der Waals surface area contributed by atoms with Crippen LogP contribution in [0.5, 0.6) is 0 Å². The van der Waals surface area contributed by atoms with Crippen LogP contribution in [0.25, 0.3) is 0 Å². The number of hydrogen-bond donors (Lipinski definition) is 0. The normalized spacial score (nSPS) is 23.7. The summed E-state index contributed by atoms with van der Waals surface area (Å²) in [5, 5.41) is 0. The number of likely N-dealkylation sites (tertiary alicyclic amines) is 2. The topological polar surface area (TPSA) is 69.6 Å². The molecule has 4 heterocycles. The van der Waals surface area contributed by atoms with Crippen LogP contribution in [0.2, 0.25) is 0 Å². The maximum Gasteiger partial charge on any atom is 0.224 e. The van der Waals surface area contributed by atoms with E-state index in [1.165, 1.54) is 12.8 Å². The molecule has 29 heavy (non-hydrogen) atoms. The van der Waals surface area contributed by atoms with Gasteiger partial charge in [0.2, 0.25) is 11.8 Å². The first kappa shape index (κ1) is 20.3. The van der Waals surface area contributed by atoms with Crippen molar-refractivity contribution < 1.29 is 9.59 Å². The second kappa shape index (κ2) is 8.78. The zero-order valence-corrected chi connectivity index (χ0v) is 17.8. The zero-order chi connectivity index (χ0) is 20.4. The molecule has 1 unspecified atom stereocenters. The molecule has 3 aliphatic heterocycles. The third kappa shape index (κ3) is 4.60. The van der Waals surface area contributed by atoms with E-state index in [-0.39, 0.29) is 5.91 Å². The van der Waals surface area contributed by atoms with Gasteiger partial charge in [0.05, 0.1) is 5.69 Å². The molecule has 0 saturated carbocycles. The lowest BCUT2D eigenvalue weighted by atomic mass is 9.94. The van der Waals surface area contributed by atoms with Gasteiger partial charge >= 0.3 is 0 Å². The molecule has 2 fully saturated rings. The molecule has 1 atom stereocenters. The molecule has 3 aliphatic rings. The Hall–Kier alpha value is -2.02. The molecule has 0 N–H and O–H groups in total. The van der Waals surface area contributed by atoms with Gasteiger partial charge in [-0.15, -0.1) is 0 Å². The zero-order valence-electron chi connectivity index (χ0n) is 17.8. The van der Waals surface area contributed by atoms with Crippen LogP contribution in [-0.2, 0) is 22.6 Å². The molecule has 7 nitrogen and oxygen atoms in total. The lowest BCUT2D eigenvalue weighted by Gasteiger charge is -2.36. The van der Waals surface area contributed by atoms with Gasteiger partial charge in [-0.05, 0) is 39.3 Å². The Morgan fingerprint density at radius 3 is 2.59 bits per heavy atom. The SMILES string of the molecule is CC(=O)N1CCc2nc(C3CCN(C(=O)CC4CCCCN4C)CC3)ncc2C1. The first-order chi connectivity index (χ1) is 14.0. The Labute approximate surface area is 173 Å². The largest absolute Gasteiger partial charge is 0.343 e. The third-order valence-corrected chi connectivity index (χ3v) is 6.94. The van der Waals surface area contributed by atoms with Crippen molar-refractivity contribution in [2.24, 2.45) is 0 Å². The number of carbonyl (C=O) groups is 2. The summed E-state index contributed by atoms with van der Waals surface area (Å²) >= 11 is 0. The van der Waals surface area contributed by atoms with Crippen molar-refractivity contribution in [3.05, 3.63) is 23.3 Å². The fraction of sp³-hybridized carbons (Fsp3) is 0.727. The first-order valence-electron chi connectivity index (χ1n) is 11.1.